The third-order valence-corrected chi connectivity index (χ3v) is 6.40. The van der Waals surface area contributed by atoms with Crippen LogP contribution in [-0.4, -0.2) is 24.5 Å². The number of piperidine rings is 1. The second kappa shape index (κ2) is 7.01. The van der Waals surface area contributed by atoms with Crippen LogP contribution in [0.3, 0.4) is 0 Å². The van der Waals surface area contributed by atoms with Gasteiger partial charge in [-0.25, -0.2) is 0 Å². The van der Waals surface area contributed by atoms with Gasteiger partial charge in [-0.15, -0.1) is 0 Å². The van der Waals surface area contributed by atoms with Crippen molar-refractivity contribution in [3.8, 4) is 0 Å². The summed E-state index contributed by atoms with van der Waals surface area (Å²) in [6.45, 7) is 0.962. The molecular weight excluding hydrogens is 334 g/mol. The van der Waals surface area contributed by atoms with E-state index in [4.69, 9.17) is 0 Å². The number of benzene rings is 2. The molecule has 1 amide bonds. The molecule has 0 radical (unpaired) electrons. The van der Waals surface area contributed by atoms with Gasteiger partial charge in [0.2, 0.25) is 5.91 Å². The Morgan fingerprint density at radius 1 is 1.00 bits per heavy atom. The Bertz CT molecular complexity index is 837. The SMILES string of the molecule is O=C(CC1CC2CCC(C1)N2)Nc1ccccc1N1CCc2ccccc21. The van der Waals surface area contributed by atoms with E-state index in [9.17, 15) is 4.79 Å². The number of carbonyl (C=O) groups excluding carboxylic acids is 1. The fourth-order valence-corrected chi connectivity index (χ4v) is 5.21. The van der Waals surface area contributed by atoms with E-state index in [1.807, 2.05) is 12.1 Å². The van der Waals surface area contributed by atoms with E-state index in [0.29, 0.717) is 24.4 Å². The molecule has 3 aliphatic heterocycles. The molecule has 5 rings (SSSR count). The molecule has 0 aliphatic carbocycles. The highest BCUT2D eigenvalue weighted by Gasteiger charge is 2.34. The molecule has 2 saturated heterocycles. The zero-order valence-electron chi connectivity index (χ0n) is 15.7. The van der Waals surface area contributed by atoms with Gasteiger partial charge >= 0.3 is 0 Å². The molecule has 27 heavy (non-hydrogen) atoms. The zero-order valence-corrected chi connectivity index (χ0v) is 15.7. The van der Waals surface area contributed by atoms with Gasteiger partial charge in [0.05, 0.1) is 11.4 Å². The molecule has 0 saturated carbocycles. The summed E-state index contributed by atoms with van der Waals surface area (Å²) in [5, 5.41) is 6.88. The summed E-state index contributed by atoms with van der Waals surface area (Å²) in [4.78, 5) is 15.1. The summed E-state index contributed by atoms with van der Waals surface area (Å²) in [5.74, 6) is 0.671. The highest BCUT2D eigenvalue weighted by molar-refractivity contribution is 5.95. The minimum absolute atomic E-state index is 0.154. The van der Waals surface area contributed by atoms with Gasteiger partial charge in [0, 0.05) is 30.7 Å². The van der Waals surface area contributed by atoms with E-state index >= 15 is 0 Å². The summed E-state index contributed by atoms with van der Waals surface area (Å²) in [6.07, 6.45) is 6.53. The van der Waals surface area contributed by atoms with Gasteiger partial charge in [0.1, 0.15) is 0 Å². The number of carbonyl (C=O) groups is 1. The molecule has 2 atom stereocenters. The van der Waals surface area contributed by atoms with Crippen LogP contribution in [0.2, 0.25) is 0 Å². The summed E-state index contributed by atoms with van der Waals surface area (Å²) >= 11 is 0. The predicted octanol–water partition coefficient (Wildman–Crippen LogP) is 4.24. The fourth-order valence-electron chi connectivity index (χ4n) is 5.21. The first-order valence-corrected chi connectivity index (χ1v) is 10.3. The first kappa shape index (κ1) is 16.8. The van der Waals surface area contributed by atoms with E-state index in [-0.39, 0.29) is 5.91 Å². The molecule has 2 N–H and O–H groups in total. The lowest BCUT2D eigenvalue weighted by Crippen LogP contribution is -2.39. The van der Waals surface area contributed by atoms with E-state index in [1.54, 1.807) is 0 Å². The van der Waals surface area contributed by atoms with Crippen LogP contribution in [0.4, 0.5) is 17.1 Å². The maximum Gasteiger partial charge on any atom is 0.224 e. The summed E-state index contributed by atoms with van der Waals surface area (Å²) < 4.78 is 0. The summed E-state index contributed by atoms with van der Waals surface area (Å²) in [6, 6.07) is 18.0. The monoisotopic (exact) mass is 361 g/mol. The van der Waals surface area contributed by atoms with Crippen LogP contribution < -0.4 is 15.5 Å². The molecule has 2 fully saturated rings. The molecule has 3 aliphatic rings. The Morgan fingerprint density at radius 3 is 2.52 bits per heavy atom. The number of amides is 1. The van der Waals surface area contributed by atoms with Crippen molar-refractivity contribution in [3.05, 3.63) is 54.1 Å². The second-order valence-electron chi connectivity index (χ2n) is 8.28. The van der Waals surface area contributed by atoms with Crippen molar-refractivity contribution in [1.29, 1.82) is 0 Å². The lowest BCUT2D eigenvalue weighted by molar-refractivity contribution is -0.117. The van der Waals surface area contributed by atoms with Crippen molar-refractivity contribution in [1.82, 2.24) is 5.32 Å². The van der Waals surface area contributed by atoms with Crippen LogP contribution in [0, 0.1) is 5.92 Å². The van der Waals surface area contributed by atoms with Gasteiger partial charge < -0.3 is 15.5 Å². The number of hydrogen-bond donors (Lipinski definition) is 2. The maximum absolute atomic E-state index is 12.8. The second-order valence-corrected chi connectivity index (χ2v) is 8.28. The van der Waals surface area contributed by atoms with Crippen molar-refractivity contribution < 1.29 is 4.79 Å². The number of hydrogen-bond acceptors (Lipinski definition) is 3. The molecule has 4 heteroatoms. The normalized spacial score (nSPS) is 26.1. The van der Waals surface area contributed by atoms with E-state index < -0.39 is 0 Å². The molecule has 4 nitrogen and oxygen atoms in total. The summed E-state index contributed by atoms with van der Waals surface area (Å²) in [5.41, 5.74) is 4.66. The lowest BCUT2D eigenvalue weighted by Gasteiger charge is -2.29. The molecule has 0 aromatic heterocycles. The molecule has 0 spiro atoms. The van der Waals surface area contributed by atoms with Gasteiger partial charge in [-0.05, 0) is 61.8 Å². The quantitative estimate of drug-likeness (QED) is 0.856. The highest BCUT2D eigenvalue weighted by atomic mass is 16.1. The van der Waals surface area contributed by atoms with E-state index in [1.165, 1.54) is 24.1 Å². The molecule has 2 aromatic rings. The largest absolute Gasteiger partial charge is 0.339 e. The smallest absolute Gasteiger partial charge is 0.224 e. The number of fused-ring (bicyclic) bond motifs is 3. The Labute approximate surface area is 161 Å². The first-order chi connectivity index (χ1) is 13.3. The average Bonchev–Trinajstić information content (AvgIpc) is 3.25. The van der Waals surface area contributed by atoms with Crippen molar-refractivity contribution in [3.63, 3.8) is 0 Å². The number of nitrogens with zero attached hydrogens (tertiary/aromatic N) is 1. The van der Waals surface area contributed by atoms with Gasteiger partial charge in [0.15, 0.2) is 0 Å². The predicted molar refractivity (Wildman–Crippen MR) is 110 cm³/mol. The third kappa shape index (κ3) is 3.34. The number of para-hydroxylation sites is 3. The van der Waals surface area contributed by atoms with Crippen molar-refractivity contribution >= 4 is 23.0 Å². The molecule has 2 bridgehead atoms. The van der Waals surface area contributed by atoms with Crippen LogP contribution in [0.25, 0.3) is 0 Å². The van der Waals surface area contributed by atoms with Gasteiger partial charge in [-0.2, -0.15) is 0 Å². The average molecular weight is 361 g/mol. The molecular formula is C23H27N3O. The zero-order chi connectivity index (χ0) is 18.2. The van der Waals surface area contributed by atoms with Gasteiger partial charge in [-0.1, -0.05) is 30.3 Å². The van der Waals surface area contributed by atoms with Crippen LogP contribution in [0.15, 0.2) is 48.5 Å². The van der Waals surface area contributed by atoms with Crippen LogP contribution in [-0.2, 0) is 11.2 Å². The van der Waals surface area contributed by atoms with Gasteiger partial charge in [-0.3, -0.25) is 4.79 Å². The van der Waals surface area contributed by atoms with E-state index in [2.05, 4.69) is 51.9 Å². The Morgan fingerprint density at radius 2 is 1.70 bits per heavy atom. The lowest BCUT2D eigenvalue weighted by atomic mass is 9.89. The number of nitrogens with one attached hydrogen (secondary N) is 2. The fraction of sp³-hybridized carbons (Fsp3) is 0.435. The minimum Gasteiger partial charge on any atom is -0.339 e. The third-order valence-electron chi connectivity index (χ3n) is 6.40. The molecule has 140 valence electrons. The number of anilines is 3. The molecule has 2 aromatic carbocycles. The van der Waals surface area contributed by atoms with Crippen LogP contribution >= 0.6 is 0 Å². The summed E-state index contributed by atoms with van der Waals surface area (Å²) in [7, 11) is 0. The Balaban J connectivity index is 1.31. The molecule has 2 unspecified atom stereocenters. The van der Waals surface area contributed by atoms with Crippen LogP contribution in [0.5, 0.6) is 0 Å². The Hall–Kier alpha value is -2.33. The minimum atomic E-state index is 0.154. The van der Waals surface area contributed by atoms with Crippen LogP contribution in [0.1, 0.15) is 37.7 Å². The number of rotatable bonds is 4. The topological polar surface area (TPSA) is 44.4 Å². The van der Waals surface area contributed by atoms with Crippen molar-refractivity contribution in [2.45, 2.75) is 50.6 Å². The van der Waals surface area contributed by atoms with Crippen molar-refractivity contribution in [2.24, 2.45) is 5.92 Å². The Kier molecular flexibility index (Phi) is 4.36. The highest BCUT2D eigenvalue weighted by Crippen LogP contribution is 2.38. The first-order valence-electron chi connectivity index (χ1n) is 10.3. The van der Waals surface area contributed by atoms with E-state index in [0.717, 1.165) is 37.2 Å². The van der Waals surface area contributed by atoms with Gasteiger partial charge in [0.25, 0.3) is 0 Å². The van der Waals surface area contributed by atoms with Crippen molar-refractivity contribution in [2.75, 3.05) is 16.8 Å². The molecule has 3 heterocycles. The maximum atomic E-state index is 12.8. The standard InChI is InChI=1S/C23H27N3O/c27-23(15-16-13-18-9-10-19(14-16)24-18)25-20-6-2-4-8-22(20)26-12-11-17-5-1-3-7-21(17)26/h1-8,16,18-19,24H,9-15H2,(H,25,27).